The van der Waals surface area contributed by atoms with Gasteiger partial charge in [-0.05, 0) is 37.0 Å². The summed E-state index contributed by atoms with van der Waals surface area (Å²) in [5, 5.41) is 3.41. The lowest BCUT2D eigenvalue weighted by Crippen LogP contribution is -2.36. The molecule has 0 fully saturated rings. The topological polar surface area (TPSA) is 55.1 Å². The number of nitrogens with two attached hydrogens (primary N) is 1. The Hall–Kier alpha value is -1.06. The van der Waals surface area contributed by atoms with E-state index in [9.17, 15) is 4.79 Å². The summed E-state index contributed by atoms with van der Waals surface area (Å²) in [7, 11) is 0. The van der Waals surface area contributed by atoms with E-state index in [-0.39, 0.29) is 5.91 Å². The molecule has 94 valence electrons. The maximum atomic E-state index is 11.8. The summed E-state index contributed by atoms with van der Waals surface area (Å²) >= 11 is 5.88. The zero-order valence-electron chi connectivity index (χ0n) is 10.5. The summed E-state index contributed by atoms with van der Waals surface area (Å²) in [6.45, 7) is 6.00. The van der Waals surface area contributed by atoms with Gasteiger partial charge in [-0.15, -0.1) is 0 Å². The maximum Gasteiger partial charge on any atom is 0.241 e. The van der Waals surface area contributed by atoms with E-state index in [4.69, 9.17) is 17.3 Å². The third-order valence-corrected chi connectivity index (χ3v) is 2.75. The Bertz CT molecular complexity index is 404. The van der Waals surface area contributed by atoms with Crippen LogP contribution in [0.2, 0.25) is 5.02 Å². The van der Waals surface area contributed by atoms with Crippen LogP contribution >= 0.6 is 11.6 Å². The third-order valence-electron chi connectivity index (χ3n) is 2.52. The second-order valence-electron chi connectivity index (χ2n) is 4.68. The number of rotatable bonds is 4. The predicted octanol–water partition coefficient (Wildman–Crippen LogP) is 2.96. The molecule has 1 aromatic carbocycles. The first kappa shape index (κ1) is 14.0. The maximum absolute atomic E-state index is 11.8. The molecular weight excluding hydrogens is 236 g/mol. The molecule has 0 unspecified atom stereocenters. The molecule has 1 aromatic rings. The quantitative estimate of drug-likeness (QED) is 0.868. The lowest BCUT2D eigenvalue weighted by atomic mass is 10.0. The van der Waals surface area contributed by atoms with Gasteiger partial charge in [0.2, 0.25) is 5.91 Å². The third kappa shape index (κ3) is 4.36. The molecule has 0 radical (unpaired) electrons. The van der Waals surface area contributed by atoms with Crippen molar-refractivity contribution in [2.24, 2.45) is 11.7 Å². The summed E-state index contributed by atoms with van der Waals surface area (Å²) in [6, 6.07) is 4.91. The van der Waals surface area contributed by atoms with Gasteiger partial charge in [0.05, 0.1) is 6.04 Å². The van der Waals surface area contributed by atoms with E-state index < -0.39 is 6.04 Å². The molecule has 0 heterocycles. The number of carbonyl (C=O) groups excluding carboxylic acids is 1. The molecule has 17 heavy (non-hydrogen) atoms. The fraction of sp³-hybridized carbons (Fsp3) is 0.462. The Morgan fingerprint density at radius 2 is 2.12 bits per heavy atom. The van der Waals surface area contributed by atoms with E-state index in [0.717, 1.165) is 11.3 Å². The molecule has 3 nitrogen and oxygen atoms in total. The van der Waals surface area contributed by atoms with E-state index in [1.165, 1.54) is 0 Å². The normalized spacial score (nSPS) is 12.6. The second kappa shape index (κ2) is 6.03. The molecule has 3 N–H and O–H groups in total. The van der Waals surface area contributed by atoms with Gasteiger partial charge in [-0.2, -0.15) is 0 Å². The highest BCUT2D eigenvalue weighted by Crippen LogP contribution is 2.20. The molecule has 1 atom stereocenters. The standard InChI is InChI=1S/C13H19ClN2O/c1-8(2)6-11(15)13(17)16-12-7-10(14)5-4-9(12)3/h4-5,7-8,11H,6,15H2,1-3H3,(H,16,17)/t11-/m0/s1. The molecule has 0 spiro atoms. The van der Waals surface area contributed by atoms with Crippen molar-refractivity contribution in [3.63, 3.8) is 0 Å². The smallest absolute Gasteiger partial charge is 0.241 e. The highest BCUT2D eigenvalue weighted by molar-refractivity contribution is 6.31. The lowest BCUT2D eigenvalue weighted by molar-refractivity contribution is -0.117. The van der Waals surface area contributed by atoms with Crippen molar-refractivity contribution in [3.8, 4) is 0 Å². The number of carbonyl (C=O) groups is 1. The van der Waals surface area contributed by atoms with Crippen LogP contribution in [0, 0.1) is 12.8 Å². The van der Waals surface area contributed by atoms with Gasteiger partial charge < -0.3 is 11.1 Å². The average molecular weight is 255 g/mol. The summed E-state index contributed by atoms with van der Waals surface area (Å²) < 4.78 is 0. The van der Waals surface area contributed by atoms with E-state index in [0.29, 0.717) is 17.4 Å². The van der Waals surface area contributed by atoms with E-state index >= 15 is 0 Å². The van der Waals surface area contributed by atoms with Crippen molar-refractivity contribution in [2.75, 3.05) is 5.32 Å². The Morgan fingerprint density at radius 3 is 2.71 bits per heavy atom. The van der Waals surface area contributed by atoms with Gasteiger partial charge in [0.1, 0.15) is 0 Å². The predicted molar refractivity (Wildman–Crippen MR) is 72.2 cm³/mol. The van der Waals surface area contributed by atoms with Gasteiger partial charge in [0.15, 0.2) is 0 Å². The van der Waals surface area contributed by atoms with E-state index in [1.807, 2.05) is 26.8 Å². The molecule has 4 heteroatoms. The molecule has 0 aliphatic heterocycles. The number of hydrogen-bond acceptors (Lipinski definition) is 2. The Kier molecular flexibility index (Phi) is 4.97. The van der Waals surface area contributed by atoms with Crippen LogP contribution < -0.4 is 11.1 Å². The molecule has 0 bridgehead atoms. The van der Waals surface area contributed by atoms with Crippen LogP contribution in [0.15, 0.2) is 18.2 Å². The minimum absolute atomic E-state index is 0.163. The number of aryl methyl sites for hydroxylation is 1. The number of amides is 1. The van der Waals surface area contributed by atoms with Crippen molar-refractivity contribution >= 4 is 23.2 Å². The summed E-state index contributed by atoms with van der Waals surface area (Å²) in [6.07, 6.45) is 0.672. The second-order valence-corrected chi connectivity index (χ2v) is 5.12. The van der Waals surface area contributed by atoms with Crippen LogP contribution in [0.3, 0.4) is 0 Å². The van der Waals surface area contributed by atoms with Gasteiger partial charge in [-0.3, -0.25) is 4.79 Å². The minimum Gasteiger partial charge on any atom is -0.324 e. The molecule has 0 saturated carbocycles. The summed E-state index contributed by atoms with van der Waals surface area (Å²) in [5.41, 5.74) is 7.50. The average Bonchev–Trinajstić information content (AvgIpc) is 2.22. The van der Waals surface area contributed by atoms with Gasteiger partial charge in [0, 0.05) is 10.7 Å². The van der Waals surface area contributed by atoms with Crippen LogP contribution in [0.5, 0.6) is 0 Å². The zero-order valence-corrected chi connectivity index (χ0v) is 11.2. The molecule has 1 rings (SSSR count). The molecule has 1 amide bonds. The number of hydrogen-bond donors (Lipinski definition) is 2. The molecule has 0 aromatic heterocycles. The van der Waals surface area contributed by atoms with Gasteiger partial charge >= 0.3 is 0 Å². The zero-order chi connectivity index (χ0) is 13.0. The van der Waals surface area contributed by atoms with Crippen molar-refractivity contribution in [1.82, 2.24) is 0 Å². The number of halogens is 1. The van der Waals surface area contributed by atoms with Crippen LogP contribution in [0.1, 0.15) is 25.8 Å². The van der Waals surface area contributed by atoms with Gasteiger partial charge in [0.25, 0.3) is 0 Å². The van der Waals surface area contributed by atoms with E-state index in [2.05, 4.69) is 5.32 Å². The molecule has 0 saturated heterocycles. The molecule has 0 aliphatic carbocycles. The summed E-state index contributed by atoms with van der Waals surface area (Å²) in [4.78, 5) is 11.8. The largest absolute Gasteiger partial charge is 0.324 e. The molecular formula is C13H19ClN2O. The SMILES string of the molecule is Cc1ccc(Cl)cc1NC(=O)[C@@H](N)CC(C)C. The minimum atomic E-state index is -0.478. The fourth-order valence-corrected chi connectivity index (χ4v) is 1.74. The lowest BCUT2D eigenvalue weighted by Gasteiger charge is -2.15. The van der Waals surface area contributed by atoms with Crippen molar-refractivity contribution in [1.29, 1.82) is 0 Å². The van der Waals surface area contributed by atoms with Crippen molar-refractivity contribution < 1.29 is 4.79 Å². The monoisotopic (exact) mass is 254 g/mol. The van der Waals surface area contributed by atoms with Crippen LogP contribution in [0.25, 0.3) is 0 Å². The first-order valence-corrected chi connectivity index (χ1v) is 6.10. The first-order chi connectivity index (χ1) is 7.90. The highest BCUT2D eigenvalue weighted by Gasteiger charge is 2.15. The number of anilines is 1. The van der Waals surface area contributed by atoms with Crippen molar-refractivity contribution in [3.05, 3.63) is 28.8 Å². The Morgan fingerprint density at radius 1 is 1.47 bits per heavy atom. The number of nitrogens with one attached hydrogen (secondary N) is 1. The van der Waals surface area contributed by atoms with Crippen LogP contribution in [-0.4, -0.2) is 11.9 Å². The van der Waals surface area contributed by atoms with E-state index in [1.54, 1.807) is 12.1 Å². The van der Waals surface area contributed by atoms with Crippen LogP contribution in [0.4, 0.5) is 5.69 Å². The van der Waals surface area contributed by atoms with Crippen molar-refractivity contribution in [2.45, 2.75) is 33.2 Å². The fourth-order valence-electron chi connectivity index (χ4n) is 1.57. The van der Waals surface area contributed by atoms with Gasteiger partial charge in [-0.25, -0.2) is 0 Å². The van der Waals surface area contributed by atoms with Gasteiger partial charge in [-0.1, -0.05) is 31.5 Å². The number of benzene rings is 1. The highest BCUT2D eigenvalue weighted by atomic mass is 35.5. The van der Waals surface area contributed by atoms with Crippen LogP contribution in [-0.2, 0) is 4.79 Å². The summed E-state index contributed by atoms with van der Waals surface area (Å²) in [5.74, 6) is 0.236. The molecule has 0 aliphatic rings. The first-order valence-electron chi connectivity index (χ1n) is 5.72. The Balaban J connectivity index is 2.70. The Labute approximate surface area is 107 Å².